The Morgan fingerprint density at radius 3 is 2.17 bits per heavy atom. The summed E-state index contributed by atoms with van der Waals surface area (Å²) in [6.45, 7) is 3.59. The first-order valence-electron chi connectivity index (χ1n) is 4.90. The van der Waals surface area contributed by atoms with E-state index in [1.54, 1.807) is 13.8 Å². The second-order valence-electron chi connectivity index (χ2n) is 4.26. The molecule has 0 bridgehead atoms. The number of ether oxygens (including phenoxy) is 1. The molecule has 0 saturated heterocycles. The van der Waals surface area contributed by atoms with E-state index in [1.165, 1.54) is 7.11 Å². The molecule has 0 heterocycles. The molecule has 1 N–H and O–H groups in total. The number of hydrogen-bond donors (Lipinski definition) is 1. The molecule has 0 atom stereocenters. The van der Waals surface area contributed by atoms with E-state index < -0.39 is 41.0 Å². The first-order chi connectivity index (χ1) is 8.04. The molecule has 0 spiro atoms. The van der Waals surface area contributed by atoms with Crippen molar-refractivity contribution in [2.45, 2.75) is 19.4 Å². The van der Waals surface area contributed by atoms with Crippen molar-refractivity contribution in [1.82, 2.24) is 5.48 Å². The van der Waals surface area contributed by atoms with Crippen LogP contribution < -0.4 is 5.48 Å². The summed E-state index contributed by atoms with van der Waals surface area (Å²) in [5.74, 6) is -0.655. The molecule has 0 aromatic rings. The summed E-state index contributed by atoms with van der Waals surface area (Å²) < 4.78 is 50.3. The zero-order chi connectivity index (χ0) is 14.4. The van der Waals surface area contributed by atoms with E-state index in [9.17, 15) is 16.8 Å². The first-order valence-corrected chi connectivity index (χ1v) is 9.67. The Bertz CT molecular complexity index is 444. The van der Waals surface area contributed by atoms with Gasteiger partial charge < -0.3 is 9.57 Å². The normalized spacial score (nSPS) is 13.8. The van der Waals surface area contributed by atoms with Gasteiger partial charge in [-0.2, -0.15) is 0 Å². The highest BCUT2D eigenvalue weighted by Crippen LogP contribution is 2.11. The largest absolute Gasteiger partial charge is 0.358 e. The second-order valence-corrected chi connectivity index (χ2v) is 10.0. The van der Waals surface area contributed by atoms with Crippen LogP contribution >= 0.6 is 15.9 Å². The molecule has 0 aliphatic heterocycles. The Labute approximate surface area is 116 Å². The summed E-state index contributed by atoms with van der Waals surface area (Å²) in [5, 5.41) is -0.932. The van der Waals surface area contributed by atoms with Crippen LogP contribution in [0.2, 0.25) is 0 Å². The number of nitrogens with one attached hydrogen (secondary N) is 1. The third-order valence-corrected chi connectivity index (χ3v) is 7.57. The van der Waals surface area contributed by atoms with Crippen molar-refractivity contribution < 1.29 is 26.4 Å². The van der Waals surface area contributed by atoms with E-state index in [1.807, 2.05) is 0 Å². The quantitative estimate of drug-likeness (QED) is 0.453. The van der Waals surface area contributed by atoms with Crippen molar-refractivity contribution in [3.05, 3.63) is 0 Å². The molecule has 110 valence electrons. The van der Waals surface area contributed by atoms with Gasteiger partial charge in [0, 0.05) is 6.54 Å². The Morgan fingerprint density at radius 1 is 1.17 bits per heavy atom. The minimum Gasteiger partial charge on any atom is -0.358 e. The predicted octanol–water partition coefficient (Wildman–Crippen LogP) is 0.0296. The second kappa shape index (κ2) is 7.15. The standard InChI is InChI=1S/C8H18BrNO6S2/c1-8(2,4-10-15-3)16-6-18(13,14)7-17(11,12)5-9/h10H,4-7H2,1-3H3. The van der Waals surface area contributed by atoms with E-state index >= 15 is 0 Å². The summed E-state index contributed by atoms with van der Waals surface area (Å²) in [5.41, 5.74) is 1.75. The lowest BCUT2D eigenvalue weighted by atomic mass is 10.1. The van der Waals surface area contributed by atoms with Gasteiger partial charge in [0.2, 0.25) is 0 Å². The highest BCUT2D eigenvalue weighted by atomic mass is 79.9. The van der Waals surface area contributed by atoms with Gasteiger partial charge in [0.25, 0.3) is 0 Å². The fraction of sp³-hybridized carbons (Fsp3) is 1.00. The lowest BCUT2D eigenvalue weighted by Crippen LogP contribution is -2.39. The van der Waals surface area contributed by atoms with E-state index in [2.05, 4.69) is 26.2 Å². The third kappa shape index (κ3) is 8.38. The van der Waals surface area contributed by atoms with Crippen molar-refractivity contribution in [1.29, 1.82) is 0 Å². The number of rotatable bonds is 9. The molecular weight excluding hydrogens is 350 g/mol. The van der Waals surface area contributed by atoms with Crippen LogP contribution in [0.15, 0.2) is 0 Å². The molecule has 7 nitrogen and oxygen atoms in total. The van der Waals surface area contributed by atoms with E-state index in [4.69, 9.17) is 4.74 Å². The van der Waals surface area contributed by atoms with Crippen LogP contribution in [0.3, 0.4) is 0 Å². The molecule has 0 aromatic carbocycles. The van der Waals surface area contributed by atoms with Crippen molar-refractivity contribution >= 4 is 35.6 Å². The third-order valence-electron chi connectivity index (χ3n) is 1.80. The summed E-state index contributed by atoms with van der Waals surface area (Å²) in [6, 6.07) is 0. The van der Waals surface area contributed by atoms with Gasteiger partial charge >= 0.3 is 0 Å². The maximum Gasteiger partial charge on any atom is 0.188 e. The highest BCUT2D eigenvalue weighted by Gasteiger charge is 2.26. The van der Waals surface area contributed by atoms with Crippen LogP contribution in [0, 0.1) is 0 Å². The molecule has 0 rings (SSSR count). The molecule has 10 heteroatoms. The zero-order valence-electron chi connectivity index (χ0n) is 10.5. The summed E-state index contributed by atoms with van der Waals surface area (Å²) in [7, 11) is -6.05. The average Bonchev–Trinajstić information content (AvgIpc) is 2.23. The lowest BCUT2D eigenvalue weighted by Gasteiger charge is -2.24. The van der Waals surface area contributed by atoms with Gasteiger partial charge in [-0.1, -0.05) is 15.9 Å². The van der Waals surface area contributed by atoms with Crippen LogP contribution in [0.5, 0.6) is 0 Å². The molecular formula is C8H18BrNO6S2. The monoisotopic (exact) mass is 367 g/mol. The van der Waals surface area contributed by atoms with Gasteiger partial charge in [-0.25, -0.2) is 22.3 Å². The smallest absolute Gasteiger partial charge is 0.188 e. The van der Waals surface area contributed by atoms with Crippen LogP contribution in [0.25, 0.3) is 0 Å². The fourth-order valence-electron chi connectivity index (χ4n) is 0.885. The molecule has 0 aliphatic carbocycles. The molecule has 0 amide bonds. The zero-order valence-corrected chi connectivity index (χ0v) is 13.7. The number of halogens is 1. The van der Waals surface area contributed by atoms with Crippen LogP contribution in [-0.2, 0) is 29.2 Å². The van der Waals surface area contributed by atoms with E-state index in [0.717, 1.165) is 0 Å². The molecule has 18 heavy (non-hydrogen) atoms. The van der Waals surface area contributed by atoms with Gasteiger partial charge in [0.1, 0.15) is 10.6 Å². The van der Waals surface area contributed by atoms with Crippen molar-refractivity contribution in [3.8, 4) is 0 Å². The highest BCUT2D eigenvalue weighted by molar-refractivity contribution is 9.10. The van der Waals surface area contributed by atoms with Crippen molar-refractivity contribution in [3.63, 3.8) is 0 Å². The minimum absolute atomic E-state index is 0.268. The SMILES string of the molecule is CONCC(C)(C)OCS(=O)(=O)CS(=O)(=O)CBr. The molecule has 0 fully saturated rings. The molecule has 0 aromatic heterocycles. The Balaban J connectivity index is 4.44. The molecule has 0 aliphatic rings. The minimum atomic E-state index is -3.82. The number of hydroxylamine groups is 1. The average molecular weight is 368 g/mol. The number of sulfone groups is 2. The predicted molar refractivity (Wildman–Crippen MR) is 71.5 cm³/mol. The maximum absolute atomic E-state index is 11.5. The van der Waals surface area contributed by atoms with Gasteiger partial charge in [0.15, 0.2) is 24.8 Å². The molecule has 0 radical (unpaired) electrons. The lowest BCUT2D eigenvalue weighted by molar-refractivity contribution is -0.0294. The van der Waals surface area contributed by atoms with Gasteiger partial charge in [-0.15, -0.1) is 0 Å². The number of alkyl halides is 1. The Hall–Kier alpha value is 0.260. The topological polar surface area (TPSA) is 98.8 Å². The maximum atomic E-state index is 11.5. The van der Waals surface area contributed by atoms with Crippen molar-refractivity contribution in [2.75, 3.05) is 29.3 Å². The van der Waals surface area contributed by atoms with E-state index in [-0.39, 0.29) is 6.54 Å². The van der Waals surface area contributed by atoms with Gasteiger partial charge in [0.05, 0.1) is 12.7 Å². The van der Waals surface area contributed by atoms with Crippen LogP contribution in [-0.4, -0.2) is 51.8 Å². The summed E-state index contributed by atoms with van der Waals surface area (Å²) in [6.07, 6.45) is 0. The van der Waals surface area contributed by atoms with Crippen LogP contribution in [0.1, 0.15) is 13.8 Å². The van der Waals surface area contributed by atoms with Crippen LogP contribution in [0.4, 0.5) is 0 Å². The summed E-state index contributed by atoms with van der Waals surface area (Å²) >= 11 is 2.73. The molecule has 0 saturated carbocycles. The Kier molecular flexibility index (Phi) is 7.26. The first kappa shape index (κ1) is 18.3. The fourth-order valence-corrected chi connectivity index (χ4v) is 5.29. The summed E-state index contributed by atoms with van der Waals surface area (Å²) in [4.78, 5) is 4.63. The van der Waals surface area contributed by atoms with Gasteiger partial charge in [-0.05, 0) is 13.8 Å². The Morgan fingerprint density at radius 2 is 1.72 bits per heavy atom. The van der Waals surface area contributed by atoms with E-state index in [0.29, 0.717) is 0 Å². The van der Waals surface area contributed by atoms with Gasteiger partial charge in [-0.3, -0.25) is 0 Å². The molecule has 0 unspecified atom stereocenters. The van der Waals surface area contributed by atoms with Crippen molar-refractivity contribution in [2.24, 2.45) is 0 Å². The number of hydrogen-bond acceptors (Lipinski definition) is 7.